The summed E-state index contributed by atoms with van der Waals surface area (Å²) in [4.78, 5) is 27.4. The SMILES string of the molecule is CC(C)CN1C(=O)C(Nc2ccc(C(C)C)cc2)=C(c2ccc(Cl)cc2)C1=O. The second-order valence-electron chi connectivity index (χ2n) is 7.77. The van der Waals surface area contributed by atoms with Gasteiger partial charge in [0.25, 0.3) is 11.8 Å². The lowest BCUT2D eigenvalue weighted by molar-refractivity contribution is -0.137. The number of carbonyl (C=O) groups excluding carboxylic acids is 2. The van der Waals surface area contributed by atoms with E-state index >= 15 is 0 Å². The molecule has 5 heteroatoms. The van der Waals surface area contributed by atoms with Crippen LogP contribution in [-0.4, -0.2) is 23.3 Å². The average Bonchev–Trinajstić information content (AvgIpc) is 2.87. The lowest BCUT2D eigenvalue weighted by Gasteiger charge is -2.17. The Hall–Kier alpha value is -2.59. The van der Waals surface area contributed by atoms with Crippen LogP contribution in [0.3, 0.4) is 0 Å². The van der Waals surface area contributed by atoms with Gasteiger partial charge in [-0.1, -0.05) is 63.6 Å². The fourth-order valence-electron chi connectivity index (χ4n) is 3.20. The van der Waals surface area contributed by atoms with Crippen LogP contribution >= 0.6 is 11.6 Å². The molecule has 0 saturated heterocycles. The Morgan fingerprint density at radius 3 is 2.04 bits per heavy atom. The largest absolute Gasteiger partial charge is 0.350 e. The third kappa shape index (κ3) is 4.12. The van der Waals surface area contributed by atoms with Crippen molar-refractivity contribution < 1.29 is 9.59 Å². The minimum Gasteiger partial charge on any atom is -0.350 e. The predicted molar refractivity (Wildman–Crippen MR) is 114 cm³/mol. The molecular weight excluding hydrogens is 372 g/mol. The Kier molecular flexibility index (Phi) is 5.90. The van der Waals surface area contributed by atoms with Gasteiger partial charge in [-0.25, -0.2) is 0 Å². The number of hydrogen-bond donors (Lipinski definition) is 1. The van der Waals surface area contributed by atoms with Crippen LogP contribution in [0.15, 0.2) is 54.2 Å². The van der Waals surface area contributed by atoms with Gasteiger partial charge in [0.15, 0.2) is 0 Å². The van der Waals surface area contributed by atoms with E-state index in [9.17, 15) is 9.59 Å². The second kappa shape index (κ2) is 8.19. The maximum Gasteiger partial charge on any atom is 0.278 e. The standard InChI is InChI=1S/C23H25ClN2O2/c1-14(2)13-26-22(27)20(17-5-9-18(24)10-6-17)21(23(26)28)25-19-11-7-16(8-12-19)15(3)4/h5-12,14-15,25H,13H2,1-4H3. The molecule has 2 aromatic rings. The van der Waals surface area contributed by atoms with Crippen molar-refractivity contribution in [1.29, 1.82) is 0 Å². The van der Waals surface area contributed by atoms with Crippen LogP contribution in [0.2, 0.25) is 5.02 Å². The molecule has 28 heavy (non-hydrogen) atoms. The first kappa shape index (κ1) is 20.2. The number of rotatable bonds is 6. The Morgan fingerprint density at radius 1 is 0.893 bits per heavy atom. The Labute approximate surface area is 171 Å². The van der Waals surface area contributed by atoms with E-state index in [-0.39, 0.29) is 17.7 Å². The van der Waals surface area contributed by atoms with Crippen LogP contribution < -0.4 is 5.32 Å². The zero-order valence-electron chi connectivity index (χ0n) is 16.6. The maximum atomic E-state index is 13.1. The number of nitrogens with one attached hydrogen (secondary N) is 1. The zero-order chi connectivity index (χ0) is 20.4. The van der Waals surface area contributed by atoms with E-state index in [2.05, 4.69) is 19.2 Å². The summed E-state index contributed by atoms with van der Waals surface area (Å²) in [6.07, 6.45) is 0. The molecule has 0 aromatic heterocycles. The molecule has 4 nitrogen and oxygen atoms in total. The number of halogens is 1. The topological polar surface area (TPSA) is 49.4 Å². The Morgan fingerprint density at radius 2 is 1.50 bits per heavy atom. The molecule has 0 atom stereocenters. The first-order valence-electron chi connectivity index (χ1n) is 9.51. The van der Waals surface area contributed by atoms with Crippen LogP contribution in [0, 0.1) is 5.92 Å². The molecule has 2 aromatic carbocycles. The lowest BCUT2D eigenvalue weighted by atomic mass is 10.0. The lowest BCUT2D eigenvalue weighted by Crippen LogP contribution is -2.35. The summed E-state index contributed by atoms with van der Waals surface area (Å²) in [5, 5.41) is 3.77. The van der Waals surface area contributed by atoms with E-state index < -0.39 is 0 Å². The summed E-state index contributed by atoms with van der Waals surface area (Å²) in [6, 6.07) is 14.9. The van der Waals surface area contributed by atoms with Crippen molar-refractivity contribution in [2.24, 2.45) is 5.92 Å². The number of carbonyl (C=O) groups is 2. The molecule has 3 rings (SSSR count). The molecule has 0 radical (unpaired) electrons. The monoisotopic (exact) mass is 396 g/mol. The van der Waals surface area contributed by atoms with Gasteiger partial charge in [-0.05, 0) is 47.2 Å². The minimum absolute atomic E-state index is 0.184. The molecule has 0 spiro atoms. The molecule has 146 valence electrons. The summed E-state index contributed by atoms with van der Waals surface area (Å²) in [5.74, 6) is 0.0390. The van der Waals surface area contributed by atoms with Crippen molar-refractivity contribution in [2.75, 3.05) is 11.9 Å². The molecule has 1 N–H and O–H groups in total. The highest BCUT2D eigenvalue weighted by Crippen LogP contribution is 2.32. The third-order valence-corrected chi connectivity index (χ3v) is 4.95. The molecule has 0 aliphatic carbocycles. The van der Waals surface area contributed by atoms with Gasteiger partial charge in [-0.15, -0.1) is 0 Å². The first-order chi connectivity index (χ1) is 13.3. The number of benzene rings is 2. The first-order valence-corrected chi connectivity index (χ1v) is 9.89. The van der Waals surface area contributed by atoms with E-state index in [1.807, 2.05) is 38.1 Å². The van der Waals surface area contributed by atoms with Crippen molar-refractivity contribution >= 4 is 34.7 Å². The number of amides is 2. The molecule has 1 aliphatic rings. The zero-order valence-corrected chi connectivity index (χ0v) is 17.4. The van der Waals surface area contributed by atoms with Gasteiger partial charge in [0.2, 0.25) is 0 Å². The van der Waals surface area contributed by atoms with E-state index in [0.29, 0.717) is 34.3 Å². The van der Waals surface area contributed by atoms with Gasteiger partial charge in [0.05, 0.1) is 5.57 Å². The highest BCUT2D eigenvalue weighted by molar-refractivity contribution is 6.36. The third-order valence-electron chi connectivity index (χ3n) is 4.70. The molecule has 0 unspecified atom stereocenters. The molecule has 1 aliphatic heterocycles. The Bertz CT molecular complexity index is 913. The van der Waals surface area contributed by atoms with Gasteiger partial charge in [-0.3, -0.25) is 14.5 Å². The second-order valence-corrected chi connectivity index (χ2v) is 8.21. The summed E-state index contributed by atoms with van der Waals surface area (Å²) >= 11 is 5.99. The molecular formula is C23H25ClN2O2. The minimum atomic E-state index is -0.295. The number of nitrogens with zero attached hydrogens (tertiary/aromatic N) is 1. The number of imide groups is 1. The molecule has 2 amide bonds. The van der Waals surface area contributed by atoms with E-state index in [1.165, 1.54) is 10.5 Å². The predicted octanol–water partition coefficient (Wildman–Crippen LogP) is 5.31. The summed E-state index contributed by atoms with van der Waals surface area (Å²) in [6.45, 7) is 8.61. The fraction of sp³-hybridized carbons (Fsp3) is 0.304. The van der Waals surface area contributed by atoms with Crippen molar-refractivity contribution in [3.63, 3.8) is 0 Å². The van der Waals surface area contributed by atoms with E-state index in [0.717, 1.165) is 5.69 Å². The van der Waals surface area contributed by atoms with Crippen molar-refractivity contribution in [3.8, 4) is 0 Å². The maximum absolute atomic E-state index is 13.1. The van der Waals surface area contributed by atoms with Crippen LogP contribution in [0.5, 0.6) is 0 Å². The number of hydrogen-bond acceptors (Lipinski definition) is 3. The van der Waals surface area contributed by atoms with Crippen LogP contribution in [0.4, 0.5) is 5.69 Å². The smallest absolute Gasteiger partial charge is 0.278 e. The summed E-state index contributed by atoms with van der Waals surface area (Å²) in [5.41, 5.74) is 3.36. The molecule has 0 bridgehead atoms. The van der Waals surface area contributed by atoms with Crippen molar-refractivity contribution in [1.82, 2.24) is 4.90 Å². The van der Waals surface area contributed by atoms with E-state index in [1.54, 1.807) is 24.3 Å². The Balaban J connectivity index is 2.01. The van der Waals surface area contributed by atoms with Gasteiger partial charge < -0.3 is 5.32 Å². The van der Waals surface area contributed by atoms with Crippen molar-refractivity contribution in [2.45, 2.75) is 33.6 Å². The van der Waals surface area contributed by atoms with Gasteiger partial charge in [0, 0.05) is 17.3 Å². The highest BCUT2D eigenvalue weighted by atomic mass is 35.5. The fourth-order valence-corrected chi connectivity index (χ4v) is 3.33. The summed E-state index contributed by atoms with van der Waals surface area (Å²) < 4.78 is 0. The molecule has 0 fully saturated rings. The van der Waals surface area contributed by atoms with Gasteiger partial charge in [-0.2, -0.15) is 0 Å². The van der Waals surface area contributed by atoms with Crippen LogP contribution in [0.25, 0.3) is 5.57 Å². The number of anilines is 1. The van der Waals surface area contributed by atoms with Gasteiger partial charge >= 0.3 is 0 Å². The van der Waals surface area contributed by atoms with Gasteiger partial charge in [0.1, 0.15) is 5.70 Å². The molecule has 1 heterocycles. The van der Waals surface area contributed by atoms with Crippen LogP contribution in [0.1, 0.15) is 44.7 Å². The normalized spacial score (nSPS) is 14.6. The summed E-state index contributed by atoms with van der Waals surface area (Å²) in [7, 11) is 0. The molecule has 0 saturated carbocycles. The average molecular weight is 397 g/mol. The highest BCUT2D eigenvalue weighted by Gasteiger charge is 2.39. The quantitative estimate of drug-likeness (QED) is 0.673. The van der Waals surface area contributed by atoms with Crippen LogP contribution in [-0.2, 0) is 9.59 Å². The van der Waals surface area contributed by atoms with Crippen molar-refractivity contribution in [3.05, 3.63) is 70.4 Å². The van der Waals surface area contributed by atoms with E-state index in [4.69, 9.17) is 11.6 Å².